The van der Waals surface area contributed by atoms with Crippen LogP contribution >= 0.6 is 23.4 Å². The molecule has 74 valence electrons. The van der Waals surface area contributed by atoms with E-state index in [2.05, 4.69) is 16.9 Å². The Morgan fingerprint density at radius 3 is 3.21 bits per heavy atom. The maximum Gasteiger partial charge on any atom is 0.175 e. The van der Waals surface area contributed by atoms with E-state index in [1.54, 1.807) is 24.3 Å². The molecule has 5 heteroatoms. The molecule has 0 saturated carbocycles. The second-order valence-corrected chi connectivity index (χ2v) is 4.35. The van der Waals surface area contributed by atoms with E-state index in [0.717, 1.165) is 22.8 Å². The van der Waals surface area contributed by atoms with Crippen molar-refractivity contribution >= 4 is 28.9 Å². The van der Waals surface area contributed by atoms with Crippen LogP contribution in [0.15, 0.2) is 23.7 Å². The maximum atomic E-state index is 5.89. The molecule has 0 bridgehead atoms. The van der Waals surface area contributed by atoms with Gasteiger partial charge in [-0.3, -0.25) is 4.40 Å². The van der Waals surface area contributed by atoms with E-state index >= 15 is 0 Å². The Labute approximate surface area is 91.5 Å². The zero-order chi connectivity index (χ0) is 9.97. The van der Waals surface area contributed by atoms with Crippen LogP contribution in [0.2, 0.25) is 5.15 Å². The maximum absolute atomic E-state index is 5.89. The van der Waals surface area contributed by atoms with Crippen LogP contribution in [-0.4, -0.2) is 20.1 Å². The largest absolute Gasteiger partial charge is 0.278 e. The van der Waals surface area contributed by atoms with Gasteiger partial charge in [0, 0.05) is 11.8 Å². The van der Waals surface area contributed by atoms with E-state index < -0.39 is 0 Å². The summed E-state index contributed by atoms with van der Waals surface area (Å²) >= 11 is 7.59. The lowest BCUT2D eigenvalue weighted by Gasteiger charge is -2.03. The van der Waals surface area contributed by atoms with Crippen molar-refractivity contribution < 1.29 is 0 Å². The van der Waals surface area contributed by atoms with Gasteiger partial charge in [-0.15, -0.1) is 0 Å². The molecule has 14 heavy (non-hydrogen) atoms. The molecular formula is C9H10ClN3S. The third kappa shape index (κ3) is 1.86. The van der Waals surface area contributed by atoms with Gasteiger partial charge >= 0.3 is 0 Å². The van der Waals surface area contributed by atoms with Crippen LogP contribution in [0.3, 0.4) is 0 Å². The van der Waals surface area contributed by atoms with Crippen molar-refractivity contribution in [2.75, 3.05) is 5.75 Å². The summed E-state index contributed by atoms with van der Waals surface area (Å²) in [6, 6.07) is 1.81. The molecule has 0 aliphatic rings. The van der Waals surface area contributed by atoms with Crippen LogP contribution in [0.5, 0.6) is 0 Å². The number of thioether (sulfide) groups is 1. The molecule has 0 spiro atoms. The average Bonchev–Trinajstić information content (AvgIpc) is 2.61. The van der Waals surface area contributed by atoms with Crippen LogP contribution in [-0.2, 0) is 0 Å². The summed E-state index contributed by atoms with van der Waals surface area (Å²) < 4.78 is 1.95. The molecular weight excluding hydrogens is 218 g/mol. The summed E-state index contributed by atoms with van der Waals surface area (Å²) in [6.45, 7) is 2.14. The highest BCUT2D eigenvalue weighted by molar-refractivity contribution is 7.99. The minimum atomic E-state index is 0.525. The van der Waals surface area contributed by atoms with Crippen molar-refractivity contribution in [3.05, 3.63) is 23.7 Å². The van der Waals surface area contributed by atoms with Crippen molar-refractivity contribution in [2.45, 2.75) is 18.5 Å². The van der Waals surface area contributed by atoms with Gasteiger partial charge in [0.15, 0.2) is 5.16 Å². The van der Waals surface area contributed by atoms with Gasteiger partial charge in [0.2, 0.25) is 0 Å². The second kappa shape index (κ2) is 4.19. The first-order valence-electron chi connectivity index (χ1n) is 4.42. The first kappa shape index (κ1) is 9.80. The van der Waals surface area contributed by atoms with Crippen LogP contribution < -0.4 is 0 Å². The van der Waals surface area contributed by atoms with Gasteiger partial charge in [0.1, 0.15) is 11.5 Å². The van der Waals surface area contributed by atoms with Gasteiger partial charge in [-0.1, -0.05) is 30.3 Å². The quantitative estimate of drug-likeness (QED) is 0.459. The Morgan fingerprint density at radius 2 is 2.43 bits per heavy atom. The van der Waals surface area contributed by atoms with Crippen LogP contribution in [0.1, 0.15) is 13.3 Å². The van der Waals surface area contributed by atoms with Gasteiger partial charge in [0.25, 0.3) is 0 Å². The van der Waals surface area contributed by atoms with E-state index in [-0.39, 0.29) is 0 Å². The molecule has 0 atom stereocenters. The molecule has 0 radical (unpaired) electrons. The number of aromatic nitrogens is 3. The fourth-order valence-corrected chi connectivity index (χ4v) is 2.25. The minimum Gasteiger partial charge on any atom is -0.278 e. The summed E-state index contributed by atoms with van der Waals surface area (Å²) in [4.78, 5) is 8.32. The standard InChI is InChI=1S/C9H10ClN3S/c1-2-3-14-9-12-8(10)4-7-5-11-6-13(7)9/h4-6H,2-3H2,1H3. The third-order valence-corrected chi connectivity index (χ3v) is 3.13. The van der Waals surface area contributed by atoms with E-state index in [4.69, 9.17) is 11.6 Å². The Morgan fingerprint density at radius 1 is 1.57 bits per heavy atom. The molecule has 3 nitrogen and oxygen atoms in total. The SMILES string of the molecule is CCCSc1nc(Cl)cc2cncn12. The summed E-state index contributed by atoms with van der Waals surface area (Å²) in [5.41, 5.74) is 0.989. The van der Waals surface area contributed by atoms with Crippen LogP contribution in [0.25, 0.3) is 5.52 Å². The molecule has 0 fully saturated rings. The summed E-state index contributed by atoms with van der Waals surface area (Å²) in [5, 5.41) is 1.43. The van der Waals surface area contributed by atoms with Crippen LogP contribution in [0.4, 0.5) is 0 Å². The highest BCUT2D eigenvalue weighted by Gasteiger charge is 2.04. The highest BCUT2D eigenvalue weighted by atomic mass is 35.5. The summed E-state index contributed by atoms with van der Waals surface area (Å²) in [7, 11) is 0. The molecule has 0 saturated heterocycles. The zero-order valence-corrected chi connectivity index (χ0v) is 9.35. The van der Waals surface area contributed by atoms with Crippen molar-refractivity contribution in [1.29, 1.82) is 0 Å². The lowest BCUT2D eigenvalue weighted by atomic mass is 10.5. The molecule has 2 aromatic heterocycles. The molecule has 2 aromatic rings. The average molecular weight is 228 g/mol. The molecule has 0 N–H and O–H groups in total. The first-order chi connectivity index (χ1) is 6.81. The van der Waals surface area contributed by atoms with Gasteiger partial charge in [0.05, 0.1) is 11.7 Å². The van der Waals surface area contributed by atoms with E-state index in [1.165, 1.54) is 0 Å². The molecule has 2 rings (SSSR count). The normalized spacial score (nSPS) is 11.0. The number of imidazole rings is 1. The minimum absolute atomic E-state index is 0.525. The van der Waals surface area contributed by atoms with E-state index in [0.29, 0.717) is 5.15 Å². The fraction of sp³-hybridized carbons (Fsp3) is 0.333. The van der Waals surface area contributed by atoms with Crippen LogP contribution in [0, 0.1) is 0 Å². The van der Waals surface area contributed by atoms with E-state index in [1.807, 2.05) is 10.5 Å². The Bertz CT molecular complexity index is 441. The van der Waals surface area contributed by atoms with Gasteiger partial charge in [-0.05, 0) is 6.42 Å². The molecule has 0 aliphatic heterocycles. The van der Waals surface area contributed by atoms with Crippen molar-refractivity contribution in [3.63, 3.8) is 0 Å². The predicted molar refractivity (Wildman–Crippen MR) is 59.0 cm³/mol. The summed E-state index contributed by atoms with van der Waals surface area (Å²) in [5.74, 6) is 1.04. The Balaban J connectivity index is 2.44. The second-order valence-electron chi connectivity index (χ2n) is 2.90. The lowest BCUT2D eigenvalue weighted by molar-refractivity contribution is 0.895. The number of hydrogen-bond acceptors (Lipinski definition) is 3. The molecule has 0 unspecified atom stereocenters. The number of fused-ring (bicyclic) bond motifs is 1. The monoisotopic (exact) mass is 227 g/mol. The first-order valence-corrected chi connectivity index (χ1v) is 5.79. The lowest BCUT2D eigenvalue weighted by Crippen LogP contribution is -1.93. The van der Waals surface area contributed by atoms with Gasteiger partial charge in [-0.2, -0.15) is 0 Å². The zero-order valence-electron chi connectivity index (χ0n) is 7.77. The van der Waals surface area contributed by atoms with Gasteiger partial charge in [-0.25, -0.2) is 9.97 Å². The Kier molecular flexibility index (Phi) is 2.93. The number of halogens is 1. The van der Waals surface area contributed by atoms with E-state index in [9.17, 15) is 0 Å². The third-order valence-electron chi connectivity index (χ3n) is 1.78. The molecule has 0 amide bonds. The predicted octanol–water partition coefficient (Wildman–Crippen LogP) is 2.88. The number of rotatable bonds is 3. The van der Waals surface area contributed by atoms with Crippen molar-refractivity contribution in [1.82, 2.24) is 14.4 Å². The van der Waals surface area contributed by atoms with Crippen molar-refractivity contribution in [3.8, 4) is 0 Å². The van der Waals surface area contributed by atoms with Gasteiger partial charge < -0.3 is 0 Å². The molecule has 0 aliphatic carbocycles. The topological polar surface area (TPSA) is 30.2 Å². The van der Waals surface area contributed by atoms with Crippen molar-refractivity contribution in [2.24, 2.45) is 0 Å². The molecule has 0 aromatic carbocycles. The Hall–Kier alpha value is -0.740. The fourth-order valence-electron chi connectivity index (χ4n) is 1.17. The summed E-state index contributed by atoms with van der Waals surface area (Å²) in [6.07, 6.45) is 4.66. The number of nitrogens with zero attached hydrogens (tertiary/aromatic N) is 3. The molecule has 2 heterocycles. The number of hydrogen-bond donors (Lipinski definition) is 0. The highest BCUT2D eigenvalue weighted by Crippen LogP contribution is 2.20. The smallest absolute Gasteiger partial charge is 0.175 e.